The molecule has 1 aromatic heterocycles. The summed E-state index contributed by atoms with van der Waals surface area (Å²) < 4.78 is 5.29. The second-order valence-electron chi connectivity index (χ2n) is 5.15. The molecular weight excluding hydrogens is 224 g/mol. The highest BCUT2D eigenvalue weighted by atomic mass is 16.5. The van der Waals surface area contributed by atoms with Crippen LogP contribution in [0.5, 0.6) is 0 Å². The Bertz CT molecular complexity index is 567. The number of aryl methyl sites for hydroxylation is 3. The Kier molecular flexibility index (Phi) is 2.71. The average molecular weight is 242 g/mol. The zero-order chi connectivity index (χ0) is 12.7. The van der Waals surface area contributed by atoms with E-state index in [-0.39, 0.29) is 6.04 Å². The molecule has 3 nitrogen and oxygen atoms in total. The van der Waals surface area contributed by atoms with Crippen molar-refractivity contribution in [2.24, 2.45) is 5.73 Å². The van der Waals surface area contributed by atoms with Gasteiger partial charge in [-0.25, -0.2) is 0 Å². The van der Waals surface area contributed by atoms with Crippen LogP contribution in [-0.4, -0.2) is 11.2 Å². The van der Waals surface area contributed by atoms with Gasteiger partial charge in [0.05, 0.1) is 5.69 Å². The third-order valence-electron chi connectivity index (χ3n) is 3.83. The van der Waals surface area contributed by atoms with Crippen molar-refractivity contribution >= 4 is 0 Å². The summed E-state index contributed by atoms with van der Waals surface area (Å²) in [7, 11) is 0. The molecule has 0 bridgehead atoms. The van der Waals surface area contributed by atoms with E-state index in [4.69, 9.17) is 10.3 Å². The van der Waals surface area contributed by atoms with Crippen LogP contribution in [0, 0.1) is 13.8 Å². The molecule has 2 N–H and O–H groups in total. The Morgan fingerprint density at radius 3 is 2.89 bits per heavy atom. The number of benzene rings is 1. The molecule has 0 unspecified atom stereocenters. The van der Waals surface area contributed by atoms with E-state index in [1.54, 1.807) is 0 Å². The largest absolute Gasteiger partial charge is 0.361 e. The smallest absolute Gasteiger partial charge is 0.141 e. The fourth-order valence-electron chi connectivity index (χ4n) is 2.92. The molecule has 1 aliphatic carbocycles. The number of aromatic nitrogens is 1. The van der Waals surface area contributed by atoms with E-state index in [0.717, 1.165) is 36.3 Å². The predicted octanol–water partition coefficient (Wildman–Crippen LogP) is 2.77. The summed E-state index contributed by atoms with van der Waals surface area (Å²) in [6.45, 7) is 3.96. The van der Waals surface area contributed by atoms with Crippen LogP contribution in [0.2, 0.25) is 0 Å². The molecular formula is C15H18N2O. The summed E-state index contributed by atoms with van der Waals surface area (Å²) in [6, 6.07) is 6.77. The molecule has 0 spiro atoms. The summed E-state index contributed by atoms with van der Waals surface area (Å²) in [5.41, 5.74) is 12.3. The van der Waals surface area contributed by atoms with Gasteiger partial charge in [0.2, 0.25) is 0 Å². The molecule has 1 aromatic carbocycles. The van der Waals surface area contributed by atoms with Crippen LogP contribution in [0.25, 0.3) is 11.1 Å². The average Bonchev–Trinajstić information content (AvgIpc) is 2.68. The molecule has 1 atom stereocenters. The van der Waals surface area contributed by atoms with Crippen molar-refractivity contribution in [2.75, 3.05) is 0 Å². The quantitative estimate of drug-likeness (QED) is 0.836. The highest BCUT2D eigenvalue weighted by Gasteiger charge is 2.21. The van der Waals surface area contributed by atoms with Gasteiger partial charge in [-0.3, -0.25) is 0 Å². The Balaban J connectivity index is 2.19. The van der Waals surface area contributed by atoms with E-state index in [0.29, 0.717) is 0 Å². The lowest BCUT2D eigenvalue weighted by Gasteiger charge is -2.24. The predicted molar refractivity (Wildman–Crippen MR) is 71.4 cm³/mol. The lowest BCUT2D eigenvalue weighted by Crippen LogP contribution is -2.28. The minimum Gasteiger partial charge on any atom is -0.361 e. The van der Waals surface area contributed by atoms with Crippen molar-refractivity contribution in [2.45, 2.75) is 39.2 Å². The number of rotatable bonds is 1. The second kappa shape index (κ2) is 4.25. The van der Waals surface area contributed by atoms with Gasteiger partial charge in [-0.05, 0) is 49.8 Å². The number of hydrogen-bond acceptors (Lipinski definition) is 3. The monoisotopic (exact) mass is 242 g/mol. The van der Waals surface area contributed by atoms with Crippen molar-refractivity contribution < 1.29 is 4.52 Å². The number of hydrogen-bond donors (Lipinski definition) is 1. The first kappa shape index (κ1) is 11.5. The van der Waals surface area contributed by atoms with Crippen molar-refractivity contribution in [1.82, 2.24) is 5.16 Å². The maximum Gasteiger partial charge on any atom is 0.141 e. The Hall–Kier alpha value is -1.61. The van der Waals surface area contributed by atoms with Crippen LogP contribution in [0.3, 0.4) is 0 Å². The van der Waals surface area contributed by atoms with Crippen LogP contribution in [-0.2, 0) is 12.8 Å². The second-order valence-corrected chi connectivity index (χ2v) is 5.15. The summed E-state index contributed by atoms with van der Waals surface area (Å²) in [6.07, 6.45) is 3.11. The van der Waals surface area contributed by atoms with Gasteiger partial charge >= 0.3 is 0 Å². The van der Waals surface area contributed by atoms with Crippen molar-refractivity contribution in [3.63, 3.8) is 0 Å². The van der Waals surface area contributed by atoms with Crippen molar-refractivity contribution in [1.29, 1.82) is 0 Å². The number of nitrogens with zero attached hydrogens (tertiary/aromatic N) is 1. The van der Waals surface area contributed by atoms with E-state index >= 15 is 0 Å². The molecule has 3 rings (SSSR count). The van der Waals surface area contributed by atoms with Gasteiger partial charge < -0.3 is 10.3 Å². The molecule has 0 fully saturated rings. The zero-order valence-electron chi connectivity index (χ0n) is 10.9. The van der Waals surface area contributed by atoms with E-state index in [1.807, 2.05) is 13.8 Å². The Morgan fingerprint density at radius 1 is 1.33 bits per heavy atom. The third-order valence-corrected chi connectivity index (χ3v) is 3.83. The molecule has 0 saturated carbocycles. The van der Waals surface area contributed by atoms with E-state index in [1.165, 1.54) is 16.7 Å². The van der Waals surface area contributed by atoms with E-state index in [9.17, 15) is 0 Å². The maximum atomic E-state index is 6.11. The first-order chi connectivity index (χ1) is 8.66. The van der Waals surface area contributed by atoms with Crippen molar-refractivity contribution in [3.8, 4) is 11.1 Å². The number of fused-ring (bicyclic) bond motifs is 1. The first-order valence-corrected chi connectivity index (χ1v) is 6.46. The summed E-state index contributed by atoms with van der Waals surface area (Å²) in [5, 5.41) is 4.05. The van der Waals surface area contributed by atoms with Gasteiger partial charge in [-0.1, -0.05) is 23.4 Å². The van der Waals surface area contributed by atoms with Crippen LogP contribution in [0.1, 0.15) is 29.0 Å². The molecule has 3 heteroatoms. The molecule has 0 amide bonds. The summed E-state index contributed by atoms with van der Waals surface area (Å²) in [5.74, 6) is 0.889. The molecule has 1 heterocycles. The van der Waals surface area contributed by atoms with Gasteiger partial charge in [-0.2, -0.15) is 0 Å². The fraction of sp³-hybridized carbons (Fsp3) is 0.400. The molecule has 0 aliphatic heterocycles. The van der Waals surface area contributed by atoms with Crippen LogP contribution in [0.15, 0.2) is 22.7 Å². The Morgan fingerprint density at radius 2 is 2.17 bits per heavy atom. The summed E-state index contributed by atoms with van der Waals surface area (Å²) in [4.78, 5) is 0. The SMILES string of the molecule is Cc1noc(C)c1-c1cccc2c1C[C@H](N)CC2. The normalized spacial score (nSPS) is 18.7. The maximum absolute atomic E-state index is 6.11. The van der Waals surface area contributed by atoms with Crippen LogP contribution < -0.4 is 5.73 Å². The van der Waals surface area contributed by atoms with E-state index < -0.39 is 0 Å². The topological polar surface area (TPSA) is 52.0 Å². The molecule has 2 aromatic rings. The zero-order valence-corrected chi connectivity index (χ0v) is 10.9. The minimum absolute atomic E-state index is 0.277. The first-order valence-electron chi connectivity index (χ1n) is 6.46. The molecule has 0 saturated heterocycles. The molecule has 94 valence electrons. The fourth-order valence-corrected chi connectivity index (χ4v) is 2.92. The van der Waals surface area contributed by atoms with E-state index in [2.05, 4.69) is 23.4 Å². The highest BCUT2D eigenvalue weighted by molar-refractivity contribution is 5.72. The third kappa shape index (κ3) is 1.75. The van der Waals surface area contributed by atoms with Crippen molar-refractivity contribution in [3.05, 3.63) is 40.8 Å². The van der Waals surface area contributed by atoms with Crippen LogP contribution >= 0.6 is 0 Å². The minimum atomic E-state index is 0.277. The molecule has 1 aliphatic rings. The number of nitrogens with two attached hydrogens (primary N) is 1. The van der Waals surface area contributed by atoms with Gasteiger partial charge in [-0.15, -0.1) is 0 Å². The van der Waals surface area contributed by atoms with Gasteiger partial charge in [0.25, 0.3) is 0 Å². The van der Waals surface area contributed by atoms with Crippen LogP contribution in [0.4, 0.5) is 0 Å². The van der Waals surface area contributed by atoms with Gasteiger partial charge in [0, 0.05) is 11.6 Å². The standard InChI is InChI=1S/C15H18N2O/c1-9-15(10(2)18-17-9)13-5-3-4-11-6-7-12(16)8-14(11)13/h3-5,12H,6-8,16H2,1-2H3/t12-/m1/s1. The lowest BCUT2D eigenvalue weighted by molar-refractivity contribution is 0.393. The van der Waals surface area contributed by atoms with Gasteiger partial charge in [0.1, 0.15) is 5.76 Å². The summed E-state index contributed by atoms with van der Waals surface area (Å²) >= 11 is 0. The molecule has 18 heavy (non-hydrogen) atoms. The lowest BCUT2D eigenvalue weighted by atomic mass is 9.83. The van der Waals surface area contributed by atoms with Gasteiger partial charge in [0.15, 0.2) is 0 Å². The Labute approximate surface area is 107 Å². The molecule has 0 radical (unpaired) electrons. The highest BCUT2D eigenvalue weighted by Crippen LogP contribution is 2.34.